The summed E-state index contributed by atoms with van der Waals surface area (Å²) >= 11 is 0. The van der Waals surface area contributed by atoms with E-state index in [1.807, 2.05) is 0 Å². The Morgan fingerprint density at radius 2 is 2.00 bits per heavy atom. The van der Waals surface area contributed by atoms with Crippen LogP contribution in [0.15, 0.2) is 41.3 Å². The van der Waals surface area contributed by atoms with Gasteiger partial charge in [0.15, 0.2) is 0 Å². The fourth-order valence-electron chi connectivity index (χ4n) is 3.02. The van der Waals surface area contributed by atoms with Gasteiger partial charge in [0, 0.05) is 18.3 Å². The van der Waals surface area contributed by atoms with Gasteiger partial charge in [0.1, 0.15) is 11.6 Å². The number of sulfonamides is 1. The third-order valence-electron chi connectivity index (χ3n) is 4.08. The zero-order chi connectivity index (χ0) is 18.9. The van der Waals surface area contributed by atoms with Crippen molar-refractivity contribution in [2.24, 2.45) is 5.14 Å². The van der Waals surface area contributed by atoms with Crippen molar-refractivity contribution in [3.63, 3.8) is 0 Å². The van der Waals surface area contributed by atoms with Crippen LogP contribution in [0.2, 0.25) is 0 Å². The molecule has 0 saturated heterocycles. The smallest absolute Gasteiger partial charge is 0.243 e. The number of carbonyl (C=O) groups is 1. The highest BCUT2D eigenvalue weighted by Gasteiger charge is 2.23. The van der Waals surface area contributed by atoms with Crippen molar-refractivity contribution in [3.8, 4) is 0 Å². The van der Waals surface area contributed by atoms with Crippen molar-refractivity contribution in [1.82, 2.24) is 0 Å². The molecular weight excluding hydrogens is 364 g/mol. The first kappa shape index (κ1) is 18.3. The molecule has 0 aromatic heterocycles. The second-order valence-corrected chi connectivity index (χ2v) is 7.60. The van der Waals surface area contributed by atoms with E-state index in [0.29, 0.717) is 24.9 Å². The van der Waals surface area contributed by atoms with Crippen LogP contribution in [0.1, 0.15) is 12.0 Å². The van der Waals surface area contributed by atoms with Crippen molar-refractivity contribution >= 4 is 27.3 Å². The Balaban J connectivity index is 1.76. The lowest BCUT2D eigenvalue weighted by molar-refractivity contribution is -0.115. The fourth-order valence-corrected chi connectivity index (χ4v) is 3.58. The highest BCUT2D eigenvalue weighted by atomic mass is 32.2. The number of fused-ring (bicyclic) bond motifs is 1. The summed E-state index contributed by atoms with van der Waals surface area (Å²) in [5.41, 5.74) is 1.02. The number of aryl methyl sites for hydroxylation is 1. The van der Waals surface area contributed by atoms with Crippen LogP contribution in [0.4, 0.5) is 20.2 Å². The number of nitrogens with two attached hydrogens (primary N) is 1. The number of benzene rings is 2. The number of primary sulfonamides is 1. The highest BCUT2D eigenvalue weighted by molar-refractivity contribution is 7.89. The molecule has 2 aromatic rings. The van der Waals surface area contributed by atoms with Gasteiger partial charge in [-0.25, -0.2) is 22.3 Å². The number of halogens is 2. The van der Waals surface area contributed by atoms with E-state index in [0.717, 1.165) is 6.07 Å². The molecule has 0 bridgehead atoms. The molecular formula is C17H17F2N3O3S. The summed E-state index contributed by atoms with van der Waals surface area (Å²) in [4.78, 5) is 13.7. The van der Waals surface area contributed by atoms with Crippen LogP contribution in [0.25, 0.3) is 0 Å². The van der Waals surface area contributed by atoms with E-state index in [1.165, 1.54) is 30.3 Å². The van der Waals surface area contributed by atoms with E-state index in [2.05, 4.69) is 5.32 Å². The molecule has 0 saturated carbocycles. The molecule has 0 aliphatic carbocycles. The van der Waals surface area contributed by atoms with E-state index in [1.54, 1.807) is 4.90 Å². The largest absolute Gasteiger partial charge is 0.360 e. The summed E-state index contributed by atoms with van der Waals surface area (Å²) in [6.07, 6.45) is 1.21. The van der Waals surface area contributed by atoms with Crippen LogP contribution >= 0.6 is 0 Å². The molecule has 1 aliphatic rings. The quantitative estimate of drug-likeness (QED) is 0.847. The van der Waals surface area contributed by atoms with Gasteiger partial charge in [-0.2, -0.15) is 0 Å². The van der Waals surface area contributed by atoms with Crippen LogP contribution in [-0.2, 0) is 21.2 Å². The Labute approximate surface area is 149 Å². The Hall–Kier alpha value is -2.52. The Bertz CT molecular complexity index is 964. The van der Waals surface area contributed by atoms with Gasteiger partial charge in [0.25, 0.3) is 0 Å². The topological polar surface area (TPSA) is 92.5 Å². The molecule has 0 unspecified atom stereocenters. The average Bonchev–Trinajstić information content (AvgIpc) is 2.53. The molecule has 3 rings (SSSR count). The summed E-state index contributed by atoms with van der Waals surface area (Å²) in [7, 11) is -3.88. The molecule has 26 heavy (non-hydrogen) atoms. The zero-order valence-electron chi connectivity index (χ0n) is 13.7. The van der Waals surface area contributed by atoms with Crippen LogP contribution < -0.4 is 15.4 Å². The van der Waals surface area contributed by atoms with E-state index < -0.39 is 27.6 Å². The normalized spacial score (nSPS) is 14.0. The molecule has 1 aliphatic heterocycles. The number of hydrogen-bond acceptors (Lipinski definition) is 4. The van der Waals surface area contributed by atoms with Gasteiger partial charge in [-0.15, -0.1) is 0 Å². The van der Waals surface area contributed by atoms with E-state index in [-0.39, 0.29) is 22.8 Å². The molecule has 0 fully saturated rings. The van der Waals surface area contributed by atoms with Crippen molar-refractivity contribution in [3.05, 3.63) is 53.6 Å². The number of carbonyl (C=O) groups excluding carboxylic acids is 1. The predicted molar refractivity (Wildman–Crippen MR) is 93.3 cm³/mol. The maximum atomic E-state index is 14.1. The summed E-state index contributed by atoms with van der Waals surface area (Å²) in [6.45, 7) is 0.315. The molecule has 0 atom stereocenters. The molecule has 0 radical (unpaired) electrons. The average molecular weight is 381 g/mol. The summed E-state index contributed by atoms with van der Waals surface area (Å²) in [5.74, 6) is -1.80. The zero-order valence-corrected chi connectivity index (χ0v) is 14.5. The number of anilines is 2. The molecule has 138 valence electrons. The van der Waals surface area contributed by atoms with Crippen LogP contribution in [0, 0.1) is 11.6 Å². The number of amides is 1. The van der Waals surface area contributed by atoms with Crippen molar-refractivity contribution < 1.29 is 22.0 Å². The predicted octanol–water partition coefficient (Wildman–Crippen LogP) is 2.00. The Morgan fingerprint density at radius 3 is 2.73 bits per heavy atom. The van der Waals surface area contributed by atoms with Gasteiger partial charge >= 0.3 is 0 Å². The van der Waals surface area contributed by atoms with Gasteiger partial charge in [-0.3, -0.25) is 4.79 Å². The Kier molecular flexibility index (Phi) is 4.92. The lowest BCUT2D eigenvalue weighted by Crippen LogP contribution is -2.37. The molecule has 0 spiro atoms. The number of hydrogen-bond donors (Lipinski definition) is 2. The minimum absolute atomic E-state index is 0.125. The van der Waals surface area contributed by atoms with Crippen molar-refractivity contribution in [1.29, 1.82) is 0 Å². The van der Waals surface area contributed by atoms with Gasteiger partial charge in [-0.1, -0.05) is 6.07 Å². The lowest BCUT2D eigenvalue weighted by atomic mass is 10.0. The summed E-state index contributed by atoms with van der Waals surface area (Å²) in [6, 6.07) is 7.60. The standard InChI is InChI=1S/C17H17F2N3O3S/c18-12-7-11-3-2-6-22(17(11)15(19)8-12)10-16(23)21-13-4-1-5-14(9-13)26(20,24)25/h1,4-5,7-9H,2-3,6,10H2,(H,21,23)(H2,20,24,25). The van der Waals surface area contributed by atoms with Crippen LogP contribution in [-0.4, -0.2) is 27.4 Å². The van der Waals surface area contributed by atoms with Gasteiger partial charge < -0.3 is 10.2 Å². The summed E-state index contributed by atoms with van der Waals surface area (Å²) < 4.78 is 50.3. The maximum Gasteiger partial charge on any atom is 0.243 e. The molecule has 1 amide bonds. The first-order valence-corrected chi connectivity index (χ1v) is 9.44. The number of nitrogens with zero attached hydrogens (tertiary/aromatic N) is 1. The van der Waals surface area contributed by atoms with Crippen molar-refractivity contribution in [2.75, 3.05) is 23.3 Å². The van der Waals surface area contributed by atoms with Crippen LogP contribution in [0.5, 0.6) is 0 Å². The first-order chi connectivity index (χ1) is 12.2. The monoisotopic (exact) mass is 381 g/mol. The highest BCUT2D eigenvalue weighted by Crippen LogP contribution is 2.30. The molecule has 1 heterocycles. The summed E-state index contributed by atoms with van der Waals surface area (Å²) in [5, 5.41) is 7.63. The third kappa shape index (κ3) is 4.00. The third-order valence-corrected chi connectivity index (χ3v) is 4.99. The number of rotatable bonds is 4. The number of nitrogens with one attached hydrogen (secondary N) is 1. The van der Waals surface area contributed by atoms with Gasteiger partial charge in [0.05, 0.1) is 17.1 Å². The Morgan fingerprint density at radius 1 is 1.23 bits per heavy atom. The molecule has 9 heteroatoms. The fraction of sp³-hybridized carbons (Fsp3) is 0.235. The molecule has 2 aromatic carbocycles. The van der Waals surface area contributed by atoms with E-state index in [9.17, 15) is 22.0 Å². The molecule has 6 nitrogen and oxygen atoms in total. The van der Waals surface area contributed by atoms with E-state index >= 15 is 0 Å². The maximum absolute atomic E-state index is 14.1. The minimum Gasteiger partial charge on any atom is -0.360 e. The van der Waals surface area contributed by atoms with Crippen molar-refractivity contribution in [2.45, 2.75) is 17.7 Å². The van der Waals surface area contributed by atoms with Crippen LogP contribution in [0.3, 0.4) is 0 Å². The lowest BCUT2D eigenvalue weighted by Gasteiger charge is -2.31. The second-order valence-electron chi connectivity index (χ2n) is 6.04. The minimum atomic E-state index is -3.88. The second kappa shape index (κ2) is 7.00. The van der Waals surface area contributed by atoms with E-state index in [4.69, 9.17) is 5.14 Å². The van der Waals surface area contributed by atoms with Gasteiger partial charge in [-0.05, 0) is 42.7 Å². The SMILES string of the molecule is NS(=O)(=O)c1cccc(NC(=O)CN2CCCc3cc(F)cc(F)c32)c1. The van der Waals surface area contributed by atoms with Gasteiger partial charge in [0.2, 0.25) is 15.9 Å². The first-order valence-electron chi connectivity index (χ1n) is 7.89. The molecule has 3 N–H and O–H groups in total.